The predicted octanol–water partition coefficient (Wildman–Crippen LogP) is 3.58. The molecule has 0 saturated carbocycles. The molecule has 23 heavy (non-hydrogen) atoms. The number of nitrogens with two attached hydrogens (primary N) is 1. The molecule has 0 aliphatic carbocycles. The monoisotopic (exact) mass is 376 g/mol. The van der Waals surface area contributed by atoms with Gasteiger partial charge >= 0.3 is 0 Å². The van der Waals surface area contributed by atoms with Gasteiger partial charge in [0, 0.05) is 12.1 Å². The lowest BCUT2D eigenvalue weighted by Gasteiger charge is -2.16. The van der Waals surface area contributed by atoms with Gasteiger partial charge in [-0.1, -0.05) is 42.3 Å². The number of carbonyl (C=O) groups is 1. The molecule has 1 aromatic carbocycles. The molecular weight excluding hydrogens is 359 g/mol. The fourth-order valence-corrected chi connectivity index (χ4v) is 2.26. The number of rotatable bonds is 5. The first-order valence-corrected chi connectivity index (χ1v) is 7.67. The zero-order chi connectivity index (χ0) is 16.3. The van der Waals surface area contributed by atoms with Crippen LogP contribution in [0.25, 0.3) is 0 Å². The average Bonchev–Trinajstić information content (AvgIpc) is 2.90. The molecule has 2 rings (SSSR count). The highest BCUT2D eigenvalue weighted by Gasteiger charge is 2.18. The summed E-state index contributed by atoms with van der Waals surface area (Å²) in [6.07, 6.45) is 1.62. The lowest BCUT2D eigenvalue weighted by molar-refractivity contribution is -0.119. The number of nitrogens with zero attached hydrogens (tertiary/aromatic N) is 2. The van der Waals surface area contributed by atoms with E-state index in [1.54, 1.807) is 36.9 Å². The summed E-state index contributed by atoms with van der Waals surface area (Å²) in [5.74, 6) is 0.153. The van der Waals surface area contributed by atoms with Crippen LogP contribution in [-0.4, -0.2) is 21.7 Å². The van der Waals surface area contributed by atoms with E-state index >= 15 is 0 Å². The number of hydrogen-bond donors (Lipinski definition) is 2. The molecule has 0 bridgehead atoms. The van der Waals surface area contributed by atoms with Crippen LogP contribution in [0.1, 0.15) is 19.4 Å². The predicted molar refractivity (Wildman–Crippen MR) is 96.5 cm³/mol. The zero-order valence-electron chi connectivity index (χ0n) is 12.8. The van der Waals surface area contributed by atoms with E-state index in [9.17, 15) is 4.79 Å². The summed E-state index contributed by atoms with van der Waals surface area (Å²) in [7, 11) is 0. The SMILES string of the molecule is CC(N)C(C)C(=O)Nc1ccnn1Cc1cccc(Cl)c1Cl.Cl. The van der Waals surface area contributed by atoms with Crippen LogP contribution in [-0.2, 0) is 11.3 Å². The highest BCUT2D eigenvalue weighted by molar-refractivity contribution is 6.42. The highest BCUT2D eigenvalue weighted by Crippen LogP contribution is 2.26. The molecule has 0 fully saturated rings. The Morgan fingerprint density at radius 2 is 2.04 bits per heavy atom. The first-order chi connectivity index (χ1) is 10.4. The molecule has 2 unspecified atom stereocenters. The molecule has 0 aliphatic heterocycles. The van der Waals surface area contributed by atoms with E-state index in [-0.39, 0.29) is 30.3 Å². The number of carbonyl (C=O) groups excluding carboxylic acids is 1. The van der Waals surface area contributed by atoms with Gasteiger partial charge in [0.2, 0.25) is 5.91 Å². The minimum atomic E-state index is -0.293. The molecule has 3 N–H and O–H groups in total. The Hall–Kier alpha value is -1.27. The summed E-state index contributed by atoms with van der Waals surface area (Å²) in [4.78, 5) is 12.1. The van der Waals surface area contributed by atoms with Crippen LogP contribution in [0.3, 0.4) is 0 Å². The zero-order valence-corrected chi connectivity index (χ0v) is 15.1. The van der Waals surface area contributed by atoms with Gasteiger partial charge in [0.15, 0.2) is 0 Å². The molecule has 0 aliphatic rings. The second-order valence-corrected chi connectivity index (χ2v) is 6.01. The van der Waals surface area contributed by atoms with E-state index in [0.717, 1.165) is 5.56 Å². The van der Waals surface area contributed by atoms with Crippen molar-refractivity contribution in [2.75, 3.05) is 5.32 Å². The van der Waals surface area contributed by atoms with Crippen LogP contribution in [0.2, 0.25) is 10.0 Å². The summed E-state index contributed by atoms with van der Waals surface area (Å²) in [6, 6.07) is 6.92. The van der Waals surface area contributed by atoms with Gasteiger partial charge in [0.25, 0.3) is 0 Å². The minimum absolute atomic E-state index is 0. The van der Waals surface area contributed by atoms with Crippen molar-refractivity contribution in [3.8, 4) is 0 Å². The molecule has 2 aromatic rings. The van der Waals surface area contributed by atoms with Crippen molar-refractivity contribution >= 4 is 47.3 Å². The van der Waals surface area contributed by atoms with E-state index in [4.69, 9.17) is 28.9 Å². The molecule has 0 saturated heterocycles. The summed E-state index contributed by atoms with van der Waals surface area (Å²) in [5.41, 5.74) is 6.58. The molecule has 2 atom stereocenters. The molecular formula is C15H19Cl3N4O. The van der Waals surface area contributed by atoms with E-state index in [2.05, 4.69) is 10.4 Å². The molecule has 0 spiro atoms. The number of amides is 1. The third-order valence-electron chi connectivity index (χ3n) is 3.52. The van der Waals surface area contributed by atoms with Crippen molar-refractivity contribution in [1.82, 2.24) is 9.78 Å². The summed E-state index contributed by atoms with van der Waals surface area (Å²) in [6.45, 7) is 4.00. The maximum absolute atomic E-state index is 12.1. The normalized spacial score (nSPS) is 13.1. The first-order valence-electron chi connectivity index (χ1n) is 6.91. The van der Waals surface area contributed by atoms with Crippen molar-refractivity contribution in [3.63, 3.8) is 0 Å². The van der Waals surface area contributed by atoms with Crippen LogP contribution < -0.4 is 11.1 Å². The van der Waals surface area contributed by atoms with Crippen molar-refractivity contribution in [2.45, 2.75) is 26.4 Å². The fourth-order valence-electron chi connectivity index (χ4n) is 1.88. The quantitative estimate of drug-likeness (QED) is 0.836. The van der Waals surface area contributed by atoms with Gasteiger partial charge in [-0.05, 0) is 18.6 Å². The number of hydrogen-bond acceptors (Lipinski definition) is 3. The Kier molecular flexibility index (Phi) is 7.35. The van der Waals surface area contributed by atoms with Crippen LogP contribution in [0, 0.1) is 5.92 Å². The van der Waals surface area contributed by atoms with Gasteiger partial charge in [-0.15, -0.1) is 12.4 Å². The number of nitrogens with one attached hydrogen (secondary N) is 1. The van der Waals surface area contributed by atoms with Gasteiger partial charge in [0.1, 0.15) is 5.82 Å². The topological polar surface area (TPSA) is 72.9 Å². The molecule has 0 radical (unpaired) electrons. The van der Waals surface area contributed by atoms with Gasteiger partial charge < -0.3 is 11.1 Å². The maximum atomic E-state index is 12.1. The molecule has 8 heteroatoms. The smallest absolute Gasteiger partial charge is 0.229 e. The minimum Gasteiger partial charge on any atom is -0.327 e. The number of benzene rings is 1. The maximum Gasteiger partial charge on any atom is 0.229 e. The number of anilines is 1. The van der Waals surface area contributed by atoms with E-state index in [1.807, 2.05) is 12.1 Å². The lowest BCUT2D eigenvalue weighted by atomic mass is 10.0. The molecule has 126 valence electrons. The van der Waals surface area contributed by atoms with Crippen LogP contribution in [0.5, 0.6) is 0 Å². The largest absolute Gasteiger partial charge is 0.327 e. The van der Waals surface area contributed by atoms with Gasteiger partial charge in [-0.25, -0.2) is 4.68 Å². The summed E-state index contributed by atoms with van der Waals surface area (Å²) >= 11 is 12.2. The van der Waals surface area contributed by atoms with Crippen molar-refractivity contribution in [3.05, 3.63) is 46.1 Å². The second-order valence-electron chi connectivity index (χ2n) is 5.22. The van der Waals surface area contributed by atoms with Crippen LogP contribution in [0.15, 0.2) is 30.5 Å². The van der Waals surface area contributed by atoms with Gasteiger partial charge in [0.05, 0.1) is 28.7 Å². The first kappa shape index (κ1) is 19.8. The standard InChI is InChI=1S/C15H18Cl2N4O.ClH/c1-9(10(2)18)15(22)20-13-6-7-19-21(13)8-11-4-3-5-12(16)14(11)17;/h3-7,9-10H,8,18H2,1-2H3,(H,20,22);1H. The Morgan fingerprint density at radius 3 is 2.70 bits per heavy atom. The lowest BCUT2D eigenvalue weighted by Crippen LogP contribution is -2.34. The Labute approximate surface area is 151 Å². The average molecular weight is 378 g/mol. The third-order valence-corrected chi connectivity index (χ3v) is 4.38. The Morgan fingerprint density at radius 1 is 1.35 bits per heavy atom. The van der Waals surface area contributed by atoms with Gasteiger partial charge in [-0.3, -0.25) is 4.79 Å². The Bertz CT molecular complexity index is 672. The molecule has 1 aromatic heterocycles. The van der Waals surface area contributed by atoms with Crippen LogP contribution >= 0.6 is 35.6 Å². The van der Waals surface area contributed by atoms with E-state index < -0.39 is 0 Å². The van der Waals surface area contributed by atoms with Crippen LogP contribution in [0.4, 0.5) is 5.82 Å². The van der Waals surface area contributed by atoms with Crippen molar-refractivity contribution < 1.29 is 4.79 Å². The Balaban J connectivity index is 0.00000264. The third kappa shape index (κ3) is 4.85. The van der Waals surface area contributed by atoms with Crippen molar-refractivity contribution in [2.24, 2.45) is 11.7 Å². The van der Waals surface area contributed by atoms with Gasteiger partial charge in [-0.2, -0.15) is 5.10 Å². The fraction of sp³-hybridized carbons (Fsp3) is 0.333. The number of halogens is 3. The number of aromatic nitrogens is 2. The summed E-state index contributed by atoms with van der Waals surface area (Å²) in [5, 5.41) is 8.02. The second kappa shape index (κ2) is 8.55. The molecule has 1 heterocycles. The highest BCUT2D eigenvalue weighted by atomic mass is 35.5. The van der Waals surface area contributed by atoms with Crippen molar-refractivity contribution in [1.29, 1.82) is 0 Å². The molecule has 5 nitrogen and oxygen atoms in total. The summed E-state index contributed by atoms with van der Waals surface area (Å²) < 4.78 is 1.66. The van der Waals surface area contributed by atoms with E-state index in [0.29, 0.717) is 22.4 Å². The van der Waals surface area contributed by atoms with E-state index in [1.165, 1.54) is 0 Å². The molecule has 1 amide bonds.